The average molecular weight is 265 g/mol. The lowest BCUT2D eigenvalue weighted by Crippen LogP contribution is -2.37. The van der Waals surface area contributed by atoms with E-state index in [2.05, 4.69) is 5.32 Å². The van der Waals surface area contributed by atoms with Gasteiger partial charge in [0.25, 0.3) is 0 Å². The quantitative estimate of drug-likeness (QED) is 0.791. The Kier molecular flexibility index (Phi) is 6.15. The molecule has 0 bridgehead atoms. The van der Waals surface area contributed by atoms with Crippen LogP contribution in [0.1, 0.15) is 26.7 Å². The highest BCUT2D eigenvalue weighted by atomic mass is 32.2. The van der Waals surface area contributed by atoms with Gasteiger partial charge in [0.1, 0.15) is 0 Å². The Morgan fingerprint density at radius 3 is 2.56 bits per heavy atom. The zero-order chi connectivity index (χ0) is 12.0. The van der Waals surface area contributed by atoms with Gasteiger partial charge in [0.2, 0.25) is 0 Å². The molecule has 0 spiro atoms. The molecular weight excluding hydrogens is 242 g/mol. The zero-order valence-corrected chi connectivity index (χ0v) is 11.9. The lowest BCUT2D eigenvalue weighted by Gasteiger charge is -2.23. The maximum Gasteiger partial charge on any atom is 0.151 e. The Hall–Kier alpha value is 0.260. The van der Waals surface area contributed by atoms with Gasteiger partial charge in [0.15, 0.2) is 9.84 Å². The molecule has 16 heavy (non-hydrogen) atoms. The lowest BCUT2D eigenvalue weighted by molar-refractivity contribution is 0.425. The third kappa shape index (κ3) is 5.55. The van der Waals surface area contributed by atoms with E-state index in [1.807, 2.05) is 18.7 Å². The van der Waals surface area contributed by atoms with Gasteiger partial charge in [0.05, 0.1) is 5.75 Å². The number of rotatable bonds is 6. The van der Waals surface area contributed by atoms with Gasteiger partial charge in [-0.25, -0.2) is 8.42 Å². The fourth-order valence-corrected chi connectivity index (χ4v) is 4.20. The number of nitrogens with one attached hydrogen (secondary N) is 1. The van der Waals surface area contributed by atoms with Crippen molar-refractivity contribution in [2.75, 3.05) is 29.6 Å². The van der Waals surface area contributed by atoms with E-state index in [-0.39, 0.29) is 17.5 Å². The van der Waals surface area contributed by atoms with Crippen LogP contribution < -0.4 is 5.32 Å². The molecule has 0 aromatic heterocycles. The third-order valence-corrected chi connectivity index (χ3v) is 5.98. The molecule has 5 heteroatoms. The van der Waals surface area contributed by atoms with E-state index in [9.17, 15) is 8.42 Å². The normalized spacial score (nSPS) is 20.9. The maximum atomic E-state index is 11.4. The van der Waals surface area contributed by atoms with Crippen LogP contribution in [0.3, 0.4) is 0 Å². The van der Waals surface area contributed by atoms with Gasteiger partial charge in [-0.05, 0) is 43.7 Å². The van der Waals surface area contributed by atoms with Crippen LogP contribution in [-0.2, 0) is 9.84 Å². The first kappa shape index (κ1) is 14.3. The summed E-state index contributed by atoms with van der Waals surface area (Å²) < 4.78 is 22.8. The Labute approximate surface area is 104 Å². The smallest absolute Gasteiger partial charge is 0.151 e. The topological polar surface area (TPSA) is 46.2 Å². The van der Waals surface area contributed by atoms with Gasteiger partial charge >= 0.3 is 0 Å². The Balaban J connectivity index is 2.21. The summed E-state index contributed by atoms with van der Waals surface area (Å²) in [7, 11) is -2.84. The van der Waals surface area contributed by atoms with E-state index < -0.39 is 9.84 Å². The lowest BCUT2D eigenvalue weighted by atomic mass is 10.0. The summed E-state index contributed by atoms with van der Waals surface area (Å²) >= 11 is 2.02. The second-order valence-electron chi connectivity index (χ2n) is 4.56. The van der Waals surface area contributed by atoms with Gasteiger partial charge in [-0.1, -0.05) is 6.92 Å². The predicted octanol–water partition coefficient (Wildman–Crippen LogP) is 1.54. The van der Waals surface area contributed by atoms with Gasteiger partial charge in [-0.15, -0.1) is 0 Å². The second kappa shape index (κ2) is 6.87. The van der Waals surface area contributed by atoms with Crippen LogP contribution in [0.15, 0.2) is 0 Å². The summed E-state index contributed by atoms with van der Waals surface area (Å²) in [4.78, 5) is 0. The molecule has 0 aromatic rings. The van der Waals surface area contributed by atoms with Gasteiger partial charge in [0, 0.05) is 11.8 Å². The van der Waals surface area contributed by atoms with Crippen molar-refractivity contribution in [2.24, 2.45) is 5.92 Å². The Morgan fingerprint density at radius 2 is 2.00 bits per heavy atom. The van der Waals surface area contributed by atoms with Crippen LogP contribution in [0.4, 0.5) is 0 Å². The molecular formula is C11H23NO2S2. The van der Waals surface area contributed by atoms with Gasteiger partial charge in [-0.2, -0.15) is 11.8 Å². The van der Waals surface area contributed by atoms with Crippen LogP contribution >= 0.6 is 11.8 Å². The first-order chi connectivity index (χ1) is 7.53. The summed E-state index contributed by atoms with van der Waals surface area (Å²) in [5.41, 5.74) is 0. The monoisotopic (exact) mass is 265 g/mol. The van der Waals surface area contributed by atoms with Crippen molar-refractivity contribution in [3.05, 3.63) is 0 Å². The SMILES string of the molecule is CCS(=O)(=O)CC(C)NCC1CCSCC1. The molecule has 1 heterocycles. The molecule has 1 rings (SSSR count). The largest absolute Gasteiger partial charge is 0.313 e. The number of hydrogen-bond donors (Lipinski definition) is 1. The van der Waals surface area contributed by atoms with Gasteiger partial charge < -0.3 is 5.32 Å². The highest BCUT2D eigenvalue weighted by Crippen LogP contribution is 2.21. The molecule has 0 aromatic carbocycles. The molecule has 96 valence electrons. The van der Waals surface area contributed by atoms with Crippen molar-refractivity contribution in [2.45, 2.75) is 32.7 Å². The molecule has 1 atom stereocenters. The minimum absolute atomic E-state index is 0.0829. The Morgan fingerprint density at radius 1 is 1.38 bits per heavy atom. The van der Waals surface area contributed by atoms with E-state index in [4.69, 9.17) is 0 Å². The standard InChI is InChI=1S/C11H23NO2S2/c1-3-16(13,14)9-10(2)12-8-11-4-6-15-7-5-11/h10-12H,3-9H2,1-2H3. The van der Waals surface area contributed by atoms with Crippen LogP contribution in [0.25, 0.3) is 0 Å². The van der Waals surface area contributed by atoms with Crippen molar-refractivity contribution in [3.8, 4) is 0 Å². The first-order valence-electron chi connectivity index (χ1n) is 6.05. The van der Waals surface area contributed by atoms with E-state index in [1.54, 1.807) is 6.92 Å². The predicted molar refractivity (Wildman–Crippen MR) is 71.8 cm³/mol. The van der Waals surface area contributed by atoms with Crippen molar-refractivity contribution < 1.29 is 8.42 Å². The number of sulfone groups is 1. The minimum atomic E-state index is -2.84. The molecule has 3 nitrogen and oxygen atoms in total. The van der Waals surface area contributed by atoms with Crippen LogP contribution in [0.2, 0.25) is 0 Å². The van der Waals surface area contributed by atoms with Crippen LogP contribution in [0.5, 0.6) is 0 Å². The molecule has 0 amide bonds. The summed E-state index contributed by atoms with van der Waals surface area (Å²) in [5, 5.41) is 3.35. The van der Waals surface area contributed by atoms with E-state index in [0.29, 0.717) is 0 Å². The molecule has 1 aliphatic rings. The second-order valence-corrected chi connectivity index (χ2v) is 8.19. The highest BCUT2D eigenvalue weighted by molar-refractivity contribution is 7.99. The fraction of sp³-hybridized carbons (Fsp3) is 1.00. The molecule has 1 saturated heterocycles. The summed E-state index contributed by atoms with van der Waals surface area (Å²) in [5.74, 6) is 3.78. The molecule has 0 saturated carbocycles. The van der Waals surface area contributed by atoms with Crippen LogP contribution in [-0.4, -0.2) is 44.0 Å². The summed E-state index contributed by atoms with van der Waals surface area (Å²) in [6.45, 7) is 4.64. The molecule has 1 unspecified atom stereocenters. The molecule has 1 N–H and O–H groups in total. The zero-order valence-electron chi connectivity index (χ0n) is 10.2. The number of thioether (sulfide) groups is 1. The molecule has 1 fully saturated rings. The molecule has 0 aliphatic carbocycles. The van der Waals surface area contributed by atoms with Crippen molar-refractivity contribution in [3.63, 3.8) is 0 Å². The van der Waals surface area contributed by atoms with Crippen molar-refractivity contribution in [1.29, 1.82) is 0 Å². The number of hydrogen-bond acceptors (Lipinski definition) is 4. The van der Waals surface area contributed by atoms with Gasteiger partial charge in [-0.3, -0.25) is 0 Å². The fourth-order valence-electron chi connectivity index (χ4n) is 1.88. The highest BCUT2D eigenvalue weighted by Gasteiger charge is 2.17. The summed E-state index contributed by atoms with van der Waals surface area (Å²) in [6.07, 6.45) is 2.54. The maximum absolute atomic E-state index is 11.4. The first-order valence-corrected chi connectivity index (χ1v) is 9.02. The average Bonchev–Trinajstić information content (AvgIpc) is 2.27. The Bertz CT molecular complexity index is 284. The van der Waals surface area contributed by atoms with Crippen LogP contribution in [0, 0.1) is 5.92 Å². The van der Waals surface area contributed by atoms with E-state index in [0.717, 1.165) is 12.5 Å². The molecule has 0 radical (unpaired) electrons. The summed E-state index contributed by atoms with van der Waals surface area (Å²) in [6, 6.07) is 0.0829. The van der Waals surface area contributed by atoms with Crippen molar-refractivity contribution in [1.82, 2.24) is 5.32 Å². The minimum Gasteiger partial charge on any atom is -0.313 e. The van der Waals surface area contributed by atoms with E-state index in [1.165, 1.54) is 24.3 Å². The van der Waals surface area contributed by atoms with Crippen molar-refractivity contribution >= 4 is 21.6 Å². The molecule has 1 aliphatic heterocycles. The third-order valence-electron chi connectivity index (χ3n) is 3.04. The van der Waals surface area contributed by atoms with E-state index >= 15 is 0 Å².